The number of nitrogens with zero attached hydrogens (tertiary/aromatic N) is 3. The molecule has 1 heterocycles. The lowest BCUT2D eigenvalue weighted by atomic mass is 9.97. The number of likely N-dealkylation sites (N-methyl/N-ethyl adjacent to an activating group) is 1. The van der Waals surface area contributed by atoms with Crippen LogP contribution in [-0.4, -0.2) is 74.5 Å². The number of aliphatic imine (C=N–C) groups is 1. The van der Waals surface area contributed by atoms with Crippen LogP contribution in [0.5, 0.6) is 0 Å². The maximum atomic E-state index is 11.9. The Morgan fingerprint density at radius 1 is 1.17 bits per heavy atom. The van der Waals surface area contributed by atoms with E-state index >= 15 is 0 Å². The lowest BCUT2D eigenvalue weighted by molar-refractivity contribution is -0.146. The van der Waals surface area contributed by atoms with Gasteiger partial charge in [-0.05, 0) is 25.7 Å². The zero-order valence-electron chi connectivity index (χ0n) is 15.1. The van der Waals surface area contributed by atoms with Crippen LogP contribution in [0.2, 0.25) is 0 Å². The highest BCUT2D eigenvalue weighted by atomic mass is 16.5. The van der Waals surface area contributed by atoms with Gasteiger partial charge >= 0.3 is 5.97 Å². The quantitative estimate of drug-likeness (QED) is 0.467. The third-order valence-electron chi connectivity index (χ3n) is 4.88. The second kappa shape index (κ2) is 8.89. The summed E-state index contributed by atoms with van der Waals surface area (Å²) in [4.78, 5) is 31.8. The molecule has 0 atom stereocenters. The van der Waals surface area contributed by atoms with Gasteiger partial charge in [-0.25, -0.2) is 4.99 Å². The van der Waals surface area contributed by atoms with Gasteiger partial charge < -0.3 is 19.9 Å². The van der Waals surface area contributed by atoms with Gasteiger partial charge in [-0.15, -0.1) is 0 Å². The summed E-state index contributed by atoms with van der Waals surface area (Å²) in [6.45, 7) is 1.67. The molecular weight excluding hydrogens is 308 g/mol. The molecule has 0 aromatic carbocycles. The van der Waals surface area contributed by atoms with Crippen LogP contribution < -0.4 is 5.32 Å². The van der Waals surface area contributed by atoms with Gasteiger partial charge in [-0.1, -0.05) is 12.8 Å². The van der Waals surface area contributed by atoms with E-state index in [4.69, 9.17) is 4.74 Å². The normalized spacial score (nSPS) is 20.1. The van der Waals surface area contributed by atoms with Gasteiger partial charge in [0.15, 0.2) is 5.96 Å². The zero-order valence-corrected chi connectivity index (χ0v) is 15.1. The molecule has 1 aliphatic carbocycles. The number of methoxy groups -OCH3 is 1. The van der Waals surface area contributed by atoms with Gasteiger partial charge in [0.25, 0.3) is 0 Å². The second-order valence-electron chi connectivity index (χ2n) is 6.84. The van der Waals surface area contributed by atoms with E-state index in [0.29, 0.717) is 6.04 Å². The minimum Gasteiger partial charge on any atom is -0.469 e. The fourth-order valence-electron chi connectivity index (χ4n) is 3.27. The van der Waals surface area contributed by atoms with Gasteiger partial charge in [-0.2, -0.15) is 0 Å². The molecule has 136 valence electrons. The number of hydrogen-bond donors (Lipinski definition) is 1. The van der Waals surface area contributed by atoms with Gasteiger partial charge in [-0.3, -0.25) is 9.59 Å². The Morgan fingerprint density at radius 3 is 2.33 bits per heavy atom. The van der Waals surface area contributed by atoms with Crippen LogP contribution >= 0.6 is 0 Å². The molecule has 24 heavy (non-hydrogen) atoms. The zero-order chi connectivity index (χ0) is 17.5. The minimum atomic E-state index is -0.125. The van der Waals surface area contributed by atoms with Crippen molar-refractivity contribution in [3.63, 3.8) is 0 Å². The lowest BCUT2D eigenvalue weighted by Crippen LogP contribution is -2.49. The molecule has 1 saturated carbocycles. The number of esters is 1. The molecule has 7 nitrogen and oxygen atoms in total. The molecular formula is C17H30N4O3. The second-order valence-corrected chi connectivity index (χ2v) is 6.84. The molecule has 1 aliphatic heterocycles. The fraction of sp³-hybridized carbons (Fsp3) is 0.824. The van der Waals surface area contributed by atoms with Crippen LogP contribution in [0.4, 0.5) is 0 Å². The first-order chi connectivity index (χ1) is 11.5. The number of nitrogens with one attached hydrogen (secondary N) is 1. The van der Waals surface area contributed by atoms with Crippen LogP contribution in [-0.2, 0) is 14.3 Å². The first-order valence-electron chi connectivity index (χ1n) is 8.85. The SMILES string of the molecule is COC(=O)C1CCN(C(=NCC(=O)N(C)C)NC2CCCC2)CC1. The predicted molar refractivity (Wildman–Crippen MR) is 92.7 cm³/mol. The van der Waals surface area contributed by atoms with Crippen LogP contribution in [0.3, 0.4) is 0 Å². The molecule has 1 saturated heterocycles. The maximum Gasteiger partial charge on any atom is 0.308 e. The van der Waals surface area contributed by atoms with Crippen molar-refractivity contribution in [1.82, 2.24) is 15.1 Å². The van der Waals surface area contributed by atoms with E-state index in [0.717, 1.165) is 44.7 Å². The van der Waals surface area contributed by atoms with Gasteiger partial charge in [0.1, 0.15) is 6.54 Å². The smallest absolute Gasteiger partial charge is 0.308 e. The number of piperidine rings is 1. The van der Waals surface area contributed by atoms with Crippen LogP contribution in [0, 0.1) is 5.92 Å². The Labute approximate surface area is 144 Å². The Bertz CT molecular complexity index is 464. The number of guanidine groups is 1. The molecule has 0 bridgehead atoms. The van der Waals surface area contributed by atoms with Crippen molar-refractivity contribution in [1.29, 1.82) is 0 Å². The molecule has 1 N–H and O–H groups in total. The molecule has 1 amide bonds. The third-order valence-corrected chi connectivity index (χ3v) is 4.88. The van der Waals surface area contributed by atoms with Crippen molar-refractivity contribution in [2.45, 2.75) is 44.6 Å². The van der Waals surface area contributed by atoms with Crippen LogP contribution in [0.15, 0.2) is 4.99 Å². The Kier molecular flexibility index (Phi) is 6.87. The van der Waals surface area contributed by atoms with Gasteiger partial charge in [0, 0.05) is 33.2 Å². The van der Waals surface area contributed by atoms with E-state index in [1.54, 1.807) is 19.0 Å². The van der Waals surface area contributed by atoms with Crippen molar-refractivity contribution >= 4 is 17.8 Å². The highest BCUT2D eigenvalue weighted by Crippen LogP contribution is 2.21. The maximum absolute atomic E-state index is 11.9. The lowest BCUT2D eigenvalue weighted by Gasteiger charge is -2.34. The number of carbonyl (C=O) groups excluding carboxylic acids is 2. The first kappa shape index (κ1) is 18.5. The summed E-state index contributed by atoms with van der Waals surface area (Å²) >= 11 is 0. The number of amides is 1. The number of ether oxygens (including phenoxy) is 1. The molecule has 0 unspecified atom stereocenters. The summed E-state index contributed by atoms with van der Waals surface area (Å²) in [6, 6.07) is 0.441. The highest BCUT2D eigenvalue weighted by Gasteiger charge is 2.28. The standard InChI is InChI=1S/C17H30N4O3/c1-20(2)15(22)12-18-17(19-14-6-4-5-7-14)21-10-8-13(9-11-21)16(23)24-3/h13-14H,4-12H2,1-3H3,(H,18,19). The molecule has 0 radical (unpaired) electrons. The van der Waals surface area contributed by atoms with Gasteiger partial charge in [0.05, 0.1) is 13.0 Å². The fourth-order valence-corrected chi connectivity index (χ4v) is 3.27. The molecule has 0 aromatic rings. The topological polar surface area (TPSA) is 74.2 Å². The van der Waals surface area contributed by atoms with E-state index in [1.807, 2.05) is 0 Å². The van der Waals surface area contributed by atoms with E-state index in [-0.39, 0.29) is 24.3 Å². The highest BCUT2D eigenvalue weighted by molar-refractivity contribution is 5.85. The molecule has 2 fully saturated rings. The van der Waals surface area contributed by atoms with Crippen molar-refractivity contribution in [3.05, 3.63) is 0 Å². The van der Waals surface area contributed by atoms with E-state index in [1.165, 1.54) is 20.0 Å². The monoisotopic (exact) mass is 338 g/mol. The minimum absolute atomic E-state index is 0.00910. The summed E-state index contributed by atoms with van der Waals surface area (Å²) in [5, 5.41) is 3.53. The predicted octanol–water partition coefficient (Wildman–Crippen LogP) is 0.848. The molecule has 2 rings (SSSR count). The van der Waals surface area contributed by atoms with E-state index < -0.39 is 0 Å². The van der Waals surface area contributed by atoms with Crippen LogP contribution in [0.25, 0.3) is 0 Å². The average Bonchev–Trinajstić information content (AvgIpc) is 3.10. The van der Waals surface area contributed by atoms with Crippen molar-refractivity contribution in [2.24, 2.45) is 10.9 Å². The molecule has 0 aromatic heterocycles. The third kappa shape index (κ3) is 5.11. The number of hydrogen-bond acceptors (Lipinski definition) is 4. The average molecular weight is 338 g/mol. The van der Waals surface area contributed by atoms with Crippen molar-refractivity contribution < 1.29 is 14.3 Å². The number of carbonyl (C=O) groups is 2. The summed E-state index contributed by atoms with van der Waals surface area (Å²) in [7, 11) is 4.92. The Morgan fingerprint density at radius 2 is 1.79 bits per heavy atom. The first-order valence-corrected chi connectivity index (χ1v) is 8.85. The van der Waals surface area contributed by atoms with Crippen molar-refractivity contribution in [2.75, 3.05) is 40.8 Å². The summed E-state index contributed by atoms with van der Waals surface area (Å²) < 4.78 is 4.84. The summed E-state index contributed by atoms with van der Waals surface area (Å²) in [5.74, 6) is 0.646. The van der Waals surface area contributed by atoms with E-state index in [2.05, 4.69) is 15.2 Å². The number of rotatable bonds is 4. The summed E-state index contributed by atoms with van der Waals surface area (Å²) in [5.41, 5.74) is 0. The molecule has 7 heteroatoms. The molecule has 2 aliphatic rings. The Hall–Kier alpha value is -1.79. The van der Waals surface area contributed by atoms with Crippen LogP contribution in [0.1, 0.15) is 38.5 Å². The number of likely N-dealkylation sites (tertiary alicyclic amines) is 1. The Balaban J connectivity index is 1.98. The summed E-state index contributed by atoms with van der Waals surface area (Å²) in [6.07, 6.45) is 6.32. The van der Waals surface area contributed by atoms with E-state index in [9.17, 15) is 9.59 Å². The van der Waals surface area contributed by atoms with Crippen molar-refractivity contribution in [3.8, 4) is 0 Å². The van der Waals surface area contributed by atoms with Gasteiger partial charge in [0.2, 0.25) is 5.91 Å². The molecule has 0 spiro atoms. The largest absolute Gasteiger partial charge is 0.469 e.